The molecule has 1 unspecified atom stereocenters. The van der Waals surface area contributed by atoms with Gasteiger partial charge in [-0.15, -0.1) is 0 Å². The predicted octanol–water partition coefficient (Wildman–Crippen LogP) is 2.87. The number of rotatable bonds is 6. The Kier molecular flexibility index (Phi) is 5.23. The molecule has 1 aromatic carbocycles. The molecule has 1 aromatic rings. The number of benzene rings is 1. The van der Waals surface area contributed by atoms with Crippen molar-refractivity contribution in [1.29, 1.82) is 0 Å². The number of aliphatic hydroxyl groups is 2. The fourth-order valence-corrected chi connectivity index (χ4v) is 3.03. The first-order chi connectivity index (χ1) is 9.27. The van der Waals surface area contributed by atoms with E-state index in [4.69, 9.17) is 5.11 Å². The van der Waals surface area contributed by atoms with Gasteiger partial charge in [0, 0.05) is 30.4 Å². The molecule has 0 saturated carbocycles. The van der Waals surface area contributed by atoms with Gasteiger partial charge in [0.15, 0.2) is 0 Å². The van der Waals surface area contributed by atoms with Gasteiger partial charge >= 0.3 is 0 Å². The van der Waals surface area contributed by atoms with E-state index in [1.165, 1.54) is 18.5 Å². The summed E-state index contributed by atoms with van der Waals surface area (Å²) < 4.78 is 0. The van der Waals surface area contributed by atoms with Gasteiger partial charge in [0.05, 0.1) is 6.10 Å². The number of para-hydroxylation sites is 1. The molecular formula is C16H25NO2. The largest absolute Gasteiger partial charge is 0.396 e. The summed E-state index contributed by atoms with van der Waals surface area (Å²) >= 11 is 0. The van der Waals surface area contributed by atoms with Gasteiger partial charge in [-0.05, 0) is 38.2 Å². The van der Waals surface area contributed by atoms with E-state index in [1.807, 2.05) is 25.1 Å². The maximum atomic E-state index is 10.2. The summed E-state index contributed by atoms with van der Waals surface area (Å²) in [6.07, 6.45) is 4.65. The first-order valence-corrected chi connectivity index (χ1v) is 7.42. The van der Waals surface area contributed by atoms with Gasteiger partial charge in [-0.25, -0.2) is 0 Å². The molecule has 1 aliphatic heterocycles. The van der Waals surface area contributed by atoms with E-state index in [9.17, 15) is 5.11 Å². The van der Waals surface area contributed by atoms with Crippen molar-refractivity contribution in [3.8, 4) is 0 Å². The van der Waals surface area contributed by atoms with Gasteiger partial charge in [0.2, 0.25) is 0 Å². The number of aliphatic hydroxyl groups excluding tert-OH is 2. The summed E-state index contributed by atoms with van der Waals surface area (Å²) in [5, 5.41) is 19.2. The molecule has 0 aromatic heterocycles. The number of hydrogen-bond acceptors (Lipinski definition) is 3. The van der Waals surface area contributed by atoms with E-state index in [-0.39, 0.29) is 12.7 Å². The molecule has 19 heavy (non-hydrogen) atoms. The van der Waals surface area contributed by atoms with Gasteiger partial charge in [-0.2, -0.15) is 0 Å². The number of anilines is 1. The predicted molar refractivity (Wildman–Crippen MR) is 78.4 cm³/mol. The Labute approximate surface area is 115 Å². The monoisotopic (exact) mass is 263 g/mol. The standard InChI is InChI=1S/C16H25NO2/c1-2-16(19)14-9-3-4-10-15(14)17-11-5-7-13(17)8-6-12-18/h3-4,9-10,13,16,18-19H,2,5-8,11-12H2,1H3/t13?,16-/m1/s1. The van der Waals surface area contributed by atoms with Crippen LogP contribution in [0.15, 0.2) is 24.3 Å². The van der Waals surface area contributed by atoms with Gasteiger partial charge in [-0.3, -0.25) is 0 Å². The van der Waals surface area contributed by atoms with Crippen LogP contribution in [-0.4, -0.2) is 29.4 Å². The number of nitrogens with zero attached hydrogens (tertiary/aromatic N) is 1. The van der Waals surface area contributed by atoms with Crippen molar-refractivity contribution < 1.29 is 10.2 Å². The van der Waals surface area contributed by atoms with Crippen LogP contribution in [-0.2, 0) is 0 Å². The second kappa shape index (κ2) is 6.92. The summed E-state index contributed by atoms with van der Waals surface area (Å²) in [6.45, 7) is 3.34. The molecule has 2 rings (SSSR count). The van der Waals surface area contributed by atoms with E-state index >= 15 is 0 Å². The summed E-state index contributed by atoms with van der Waals surface area (Å²) in [5.74, 6) is 0. The highest BCUT2D eigenvalue weighted by molar-refractivity contribution is 5.56. The lowest BCUT2D eigenvalue weighted by Gasteiger charge is -2.30. The minimum atomic E-state index is -0.379. The average molecular weight is 263 g/mol. The van der Waals surface area contributed by atoms with Gasteiger partial charge in [0.1, 0.15) is 0 Å². The molecule has 1 aliphatic rings. The van der Waals surface area contributed by atoms with Crippen LogP contribution in [0, 0.1) is 0 Å². The van der Waals surface area contributed by atoms with Crippen LogP contribution in [0.25, 0.3) is 0 Å². The zero-order chi connectivity index (χ0) is 13.7. The third-order valence-corrected chi connectivity index (χ3v) is 4.06. The Balaban J connectivity index is 2.20. The zero-order valence-electron chi connectivity index (χ0n) is 11.8. The van der Waals surface area contributed by atoms with E-state index in [0.29, 0.717) is 6.04 Å². The van der Waals surface area contributed by atoms with Crippen LogP contribution >= 0.6 is 0 Å². The Hall–Kier alpha value is -1.06. The molecule has 1 saturated heterocycles. The first kappa shape index (κ1) is 14.4. The molecule has 1 fully saturated rings. The minimum absolute atomic E-state index is 0.267. The molecule has 3 nitrogen and oxygen atoms in total. The maximum Gasteiger partial charge on any atom is 0.0807 e. The lowest BCUT2D eigenvalue weighted by Crippen LogP contribution is -2.30. The minimum Gasteiger partial charge on any atom is -0.396 e. The van der Waals surface area contributed by atoms with Crippen molar-refractivity contribution >= 4 is 5.69 Å². The maximum absolute atomic E-state index is 10.2. The quantitative estimate of drug-likeness (QED) is 0.829. The molecule has 3 heteroatoms. The molecule has 0 aliphatic carbocycles. The van der Waals surface area contributed by atoms with Gasteiger partial charge in [0.25, 0.3) is 0 Å². The van der Waals surface area contributed by atoms with Crippen molar-refractivity contribution in [3.05, 3.63) is 29.8 Å². The van der Waals surface area contributed by atoms with E-state index in [1.54, 1.807) is 0 Å². The molecular weight excluding hydrogens is 238 g/mol. The third-order valence-electron chi connectivity index (χ3n) is 4.06. The lowest BCUT2D eigenvalue weighted by atomic mass is 10.0. The van der Waals surface area contributed by atoms with Crippen LogP contribution < -0.4 is 4.90 Å². The molecule has 1 heterocycles. The smallest absolute Gasteiger partial charge is 0.0807 e. The second-order valence-corrected chi connectivity index (χ2v) is 5.34. The fourth-order valence-electron chi connectivity index (χ4n) is 3.03. The molecule has 0 radical (unpaired) electrons. The van der Waals surface area contributed by atoms with Gasteiger partial charge < -0.3 is 15.1 Å². The Bertz CT molecular complexity index is 394. The van der Waals surface area contributed by atoms with E-state index < -0.39 is 0 Å². The third kappa shape index (κ3) is 3.28. The Morgan fingerprint density at radius 2 is 2.16 bits per heavy atom. The normalized spacial score (nSPS) is 20.8. The van der Waals surface area contributed by atoms with Crippen molar-refractivity contribution in [3.63, 3.8) is 0 Å². The van der Waals surface area contributed by atoms with Crippen molar-refractivity contribution in [2.24, 2.45) is 0 Å². The second-order valence-electron chi connectivity index (χ2n) is 5.34. The number of hydrogen-bond donors (Lipinski definition) is 2. The van der Waals surface area contributed by atoms with Crippen LogP contribution in [0.5, 0.6) is 0 Å². The summed E-state index contributed by atoms with van der Waals surface area (Å²) in [6, 6.07) is 8.70. The van der Waals surface area contributed by atoms with E-state index in [0.717, 1.165) is 31.4 Å². The van der Waals surface area contributed by atoms with Crippen LogP contribution in [0.2, 0.25) is 0 Å². The summed E-state index contributed by atoms with van der Waals surface area (Å²) in [7, 11) is 0. The fraction of sp³-hybridized carbons (Fsp3) is 0.625. The first-order valence-electron chi connectivity index (χ1n) is 7.42. The molecule has 106 valence electrons. The SMILES string of the molecule is CC[C@@H](O)c1ccccc1N1CCCC1CCCO. The van der Waals surface area contributed by atoms with Crippen molar-refractivity contribution in [2.75, 3.05) is 18.1 Å². The summed E-state index contributed by atoms with van der Waals surface area (Å²) in [5.41, 5.74) is 2.22. The molecule has 2 N–H and O–H groups in total. The highest BCUT2D eigenvalue weighted by Gasteiger charge is 2.26. The Morgan fingerprint density at radius 1 is 1.37 bits per heavy atom. The van der Waals surface area contributed by atoms with Gasteiger partial charge in [-0.1, -0.05) is 25.1 Å². The topological polar surface area (TPSA) is 43.7 Å². The Morgan fingerprint density at radius 3 is 2.89 bits per heavy atom. The summed E-state index contributed by atoms with van der Waals surface area (Å²) in [4.78, 5) is 2.42. The molecule has 0 bridgehead atoms. The zero-order valence-corrected chi connectivity index (χ0v) is 11.8. The van der Waals surface area contributed by atoms with Crippen molar-refractivity contribution in [1.82, 2.24) is 0 Å². The highest BCUT2D eigenvalue weighted by Crippen LogP contribution is 2.34. The molecule has 0 amide bonds. The molecule has 0 spiro atoms. The lowest BCUT2D eigenvalue weighted by molar-refractivity contribution is 0.174. The molecule has 2 atom stereocenters. The average Bonchev–Trinajstić information content (AvgIpc) is 2.92. The van der Waals surface area contributed by atoms with Crippen molar-refractivity contribution in [2.45, 2.75) is 51.2 Å². The van der Waals surface area contributed by atoms with Crippen LogP contribution in [0.1, 0.15) is 50.7 Å². The highest BCUT2D eigenvalue weighted by atomic mass is 16.3. The van der Waals surface area contributed by atoms with Crippen LogP contribution in [0.4, 0.5) is 5.69 Å². The van der Waals surface area contributed by atoms with Crippen LogP contribution in [0.3, 0.4) is 0 Å². The van der Waals surface area contributed by atoms with E-state index in [2.05, 4.69) is 11.0 Å².